The summed E-state index contributed by atoms with van der Waals surface area (Å²) in [7, 11) is 1.47. The zero-order valence-electron chi connectivity index (χ0n) is 9.18. The predicted molar refractivity (Wildman–Crippen MR) is 61.6 cm³/mol. The zero-order chi connectivity index (χ0) is 12.3. The standard InChI is InChI=1S/C13H10FNO2/c1-17-12-7-6-9(8-16)15-13(12)10-4-2-3-5-11(10)14/h2-8H,1H3. The van der Waals surface area contributed by atoms with Gasteiger partial charge in [-0.25, -0.2) is 9.37 Å². The van der Waals surface area contributed by atoms with Crippen molar-refractivity contribution in [2.75, 3.05) is 7.11 Å². The first-order valence-electron chi connectivity index (χ1n) is 5.01. The van der Waals surface area contributed by atoms with Crippen LogP contribution in [0.25, 0.3) is 11.3 Å². The Kier molecular flexibility index (Phi) is 3.14. The van der Waals surface area contributed by atoms with E-state index in [-0.39, 0.29) is 5.69 Å². The van der Waals surface area contributed by atoms with E-state index < -0.39 is 5.82 Å². The summed E-state index contributed by atoms with van der Waals surface area (Å²) >= 11 is 0. The molecule has 2 aromatic rings. The van der Waals surface area contributed by atoms with Gasteiger partial charge >= 0.3 is 0 Å². The average molecular weight is 231 g/mol. The number of benzene rings is 1. The van der Waals surface area contributed by atoms with Crippen molar-refractivity contribution in [1.29, 1.82) is 0 Å². The van der Waals surface area contributed by atoms with E-state index in [1.54, 1.807) is 24.3 Å². The van der Waals surface area contributed by atoms with Gasteiger partial charge in [-0.1, -0.05) is 12.1 Å². The van der Waals surface area contributed by atoms with Gasteiger partial charge in [0.25, 0.3) is 0 Å². The smallest absolute Gasteiger partial charge is 0.168 e. The Hall–Kier alpha value is -2.23. The van der Waals surface area contributed by atoms with Crippen LogP contribution < -0.4 is 4.74 Å². The van der Waals surface area contributed by atoms with Crippen LogP contribution in [0.5, 0.6) is 5.75 Å². The van der Waals surface area contributed by atoms with Gasteiger partial charge in [0.15, 0.2) is 6.29 Å². The second kappa shape index (κ2) is 4.74. The normalized spacial score (nSPS) is 10.0. The van der Waals surface area contributed by atoms with Crippen LogP contribution in [-0.2, 0) is 0 Å². The van der Waals surface area contributed by atoms with Crippen LogP contribution in [0, 0.1) is 5.82 Å². The van der Waals surface area contributed by atoms with E-state index in [1.165, 1.54) is 19.2 Å². The molecule has 17 heavy (non-hydrogen) atoms. The van der Waals surface area contributed by atoms with E-state index in [1.807, 2.05) is 0 Å². The number of hydrogen-bond donors (Lipinski definition) is 0. The third-order valence-corrected chi connectivity index (χ3v) is 2.35. The molecule has 86 valence electrons. The summed E-state index contributed by atoms with van der Waals surface area (Å²) in [6, 6.07) is 9.34. The molecule has 0 amide bonds. The molecule has 0 saturated carbocycles. The van der Waals surface area contributed by atoms with Crippen molar-refractivity contribution >= 4 is 6.29 Å². The minimum absolute atomic E-state index is 0.240. The number of methoxy groups -OCH3 is 1. The lowest BCUT2D eigenvalue weighted by Gasteiger charge is -2.08. The van der Waals surface area contributed by atoms with Crippen LogP contribution in [0.1, 0.15) is 10.5 Å². The summed E-state index contributed by atoms with van der Waals surface area (Å²) in [5.41, 5.74) is 0.882. The minimum Gasteiger partial charge on any atom is -0.494 e. The number of aromatic nitrogens is 1. The maximum Gasteiger partial charge on any atom is 0.168 e. The fourth-order valence-corrected chi connectivity index (χ4v) is 1.54. The Bertz CT molecular complexity index is 555. The van der Waals surface area contributed by atoms with E-state index in [4.69, 9.17) is 4.74 Å². The van der Waals surface area contributed by atoms with Gasteiger partial charge in [-0.3, -0.25) is 4.79 Å². The molecule has 0 saturated heterocycles. The highest BCUT2D eigenvalue weighted by Crippen LogP contribution is 2.29. The van der Waals surface area contributed by atoms with Gasteiger partial charge in [0.2, 0.25) is 0 Å². The number of pyridine rings is 1. The number of nitrogens with zero attached hydrogens (tertiary/aromatic N) is 1. The number of ether oxygens (including phenoxy) is 1. The van der Waals surface area contributed by atoms with Crippen molar-refractivity contribution in [2.45, 2.75) is 0 Å². The van der Waals surface area contributed by atoms with E-state index in [0.29, 0.717) is 23.3 Å². The number of carbonyl (C=O) groups excluding carboxylic acids is 1. The van der Waals surface area contributed by atoms with Crippen LogP contribution in [0.4, 0.5) is 4.39 Å². The molecule has 1 heterocycles. The van der Waals surface area contributed by atoms with Crippen LogP contribution in [0.2, 0.25) is 0 Å². The van der Waals surface area contributed by atoms with Crippen molar-refractivity contribution in [3.63, 3.8) is 0 Å². The van der Waals surface area contributed by atoms with Gasteiger partial charge in [-0.2, -0.15) is 0 Å². The highest BCUT2D eigenvalue weighted by Gasteiger charge is 2.12. The third kappa shape index (κ3) is 2.15. The Morgan fingerprint density at radius 2 is 2.00 bits per heavy atom. The van der Waals surface area contributed by atoms with Crippen molar-refractivity contribution in [3.05, 3.63) is 47.9 Å². The van der Waals surface area contributed by atoms with Gasteiger partial charge in [-0.15, -0.1) is 0 Å². The van der Waals surface area contributed by atoms with E-state index >= 15 is 0 Å². The first-order chi connectivity index (χ1) is 8.26. The Morgan fingerprint density at radius 3 is 2.65 bits per heavy atom. The van der Waals surface area contributed by atoms with Gasteiger partial charge < -0.3 is 4.74 Å². The molecule has 0 aliphatic carbocycles. The fraction of sp³-hybridized carbons (Fsp3) is 0.0769. The molecule has 0 atom stereocenters. The summed E-state index contributed by atoms with van der Waals surface area (Å²) in [5.74, 6) is 0.0297. The topological polar surface area (TPSA) is 39.2 Å². The molecule has 1 aromatic carbocycles. The van der Waals surface area contributed by atoms with Gasteiger partial charge in [0.1, 0.15) is 23.0 Å². The van der Waals surface area contributed by atoms with Crippen molar-refractivity contribution in [1.82, 2.24) is 4.98 Å². The molecule has 0 unspecified atom stereocenters. The predicted octanol–water partition coefficient (Wildman–Crippen LogP) is 2.71. The van der Waals surface area contributed by atoms with E-state index in [2.05, 4.69) is 4.98 Å². The fourth-order valence-electron chi connectivity index (χ4n) is 1.54. The largest absolute Gasteiger partial charge is 0.494 e. The molecule has 0 fully saturated rings. The van der Waals surface area contributed by atoms with Crippen molar-refractivity contribution in [3.8, 4) is 17.0 Å². The van der Waals surface area contributed by atoms with Crippen LogP contribution in [0.3, 0.4) is 0 Å². The van der Waals surface area contributed by atoms with Crippen LogP contribution in [0.15, 0.2) is 36.4 Å². The molecule has 4 heteroatoms. The molecule has 0 spiro atoms. The first-order valence-corrected chi connectivity index (χ1v) is 5.01. The van der Waals surface area contributed by atoms with Gasteiger partial charge in [0.05, 0.1) is 7.11 Å². The highest BCUT2D eigenvalue weighted by molar-refractivity contribution is 5.76. The molecular weight excluding hydrogens is 221 g/mol. The van der Waals surface area contributed by atoms with Crippen molar-refractivity contribution in [2.24, 2.45) is 0 Å². The molecule has 0 radical (unpaired) electrons. The maximum absolute atomic E-state index is 13.6. The number of halogens is 1. The molecular formula is C13H10FNO2. The SMILES string of the molecule is COc1ccc(C=O)nc1-c1ccccc1F. The summed E-state index contributed by atoms with van der Waals surface area (Å²) in [6.07, 6.45) is 0.615. The Morgan fingerprint density at radius 1 is 1.24 bits per heavy atom. The highest BCUT2D eigenvalue weighted by atomic mass is 19.1. The summed E-state index contributed by atoms with van der Waals surface area (Å²) < 4.78 is 18.8. The number of carbonyl (C=O) groups is 1. The lowest BCUT2D eigenvalue weighted by molar-refractivity contribution is 0.111. The third-order valence-electron chi connectivity index (χ3n) is 2.35. The molecule has 2 rings (SSSR count). The van der Waals surface area contributed by atoms with Crippen LogP contribution >= 0.6 is 0 Å². The molecule has 3 nitrogen and oxygen atoms in total. The molecule has 0 N–H and O–H groups in total. The van der Waals surface area contributed by atoms with Gasteiger partial charge in [-0.05, 0) is 24.3 Å². The second-order valence-corrected chi connectivity index (χ2v) is 3.38. The average Bonchev–Trinajstić information content (AvgIpc) is 2.38. The number of aldehydes is 1. The molecule has 0 aliphatic heterocycles. The van der Waals surface area contributed by atoms with Crippen LogP contribution in [-0.4, -0.2) is 18.4 Å². The molecule has 0 aliphatic rings. The molecule has 1 aromatic heterocycles. The summed E-state index contributed by atoms with van der Waals surface area (Å²) in [5, 5.41) is 0. The Labute approximate surface area is 97.9 Å². The van der Waals surface area contributed by atoms with E-state index in [0.717, 1.165) is 0 Å². The monoisotopic (exact) mass is 231 g/mol. The summed E-state index contributed by atoms with van der Waals surface area (Å²) in [4.78, 5) is 14.7. The number of hydrogen-bond acceptors (Lipinski definition) is 3. The summed E-state index contributed by atoms with van der Waals surface area (Å²) in [6.45, 7) is 0. The minimum atomic E-state index is -0.402. The number of rotatable bonds is 3. The van der Waals surface area contributed by atoms with Gasteiger partial charge in [0, 0.05) is 5.56 Å². The van der Waals surface area contributed by atoms with Crippen molar-refractivity contribution < 1.29 is 13.9 Å². The Balaban J connectivity index is 2.64. The lowest BCUT2D eigenvalue weighted by Crippen LogP contribution is -1.96. The first kappa shape index (κ1) is 11.3. The lowest BCUT2D eigenvalue weighted by atomic mass is 10.1. The molecule has 0 bridgehead atoms. The maximum atomic E-state index is 13.6. The quantitative estimate of drug-likeness (QED) is 0.762. The van der Waals surface area contributed by atoms with E-state index in [9.17, 15) is 9.18 Å². The zero-order valence-corrected chi connectivity index (χ0v) is 9.18. The second-order valence-electron chi connectivity index (χ2n) is 3.38.